The van der Waals surface area contributed by atoms with Crippen molar-refractivity contribution in [3.63, 3.8) is 0 Å². The van der Waals surface area contributed by atoms with Crippen LogP contribution >= 0.6 is 0 Å². The van der Waals surface area contributed by atoms with Gasteiger partial charge in [-0.15, -0.1) is 0 Å². The Labute approximate surface area is 129 Å². The van der Waals surface area contributed by atoms with Gasteiger partial charge < -0.3 is 14.5 Å². The molecular weight excluding hydrogens is 266 g/mol. The average molecular weight is 297 g/mol. The number of piperidine rings is 1. The topological polar surface area (TPSA) is 36.0 Å². The number of rotatable bonds is 4. The Morgan fingerprint density at radius 3 is 2.38 bits per heavy atom. The van der Waals surface area contributed by atoms with Gasteiger partial charge in [0.25, 0.3) is 0 Å². The largest absolute Gasteiger partial charge is 0.373 e. The highest BCUT2D eigenvalue weighted by atomic mass is 16.5. The lowest BCUT2D eigenvalue weighted by atomic mass is 9.87. The predicted octanol–water partition coefficient (Wildman–Crippen LogP) is 1.04. The molecule has 0 aromatic heterocycles. The highest BCUT2D eigenvalue weighted by Crippen LogP contribution is 2.37. The number of hydrogen-bond acceptors (Lipinski definition) is 4. The van der Waals surface area contributed by atoms with Gasteiger partial charge in [-0.05, 0) is 54.3 Å². The molecule has 2 rings (SSSR count). The van der Waals surface area contributed by atoms with E-state index in [9.17, 15) is 4.79 Å². The monoisotopic (exact) mass is 297 g/mol. The first kappa shape index (κ1) is 16.7. The summed E-state index contributed by atoms with van der Waals surface area (Å²) < 4.78 is 6.11. The molecule has 1 unspecified atom stereocenters. The summed E-state index contributed by atoms with van der Waals surface area (Å²) in [6, 6.07) is 0.934. The first-order valence-corrected chi connectivity index (χ1v) is 8.11. The van der Waals surface area contributed by atoms with Gasteiger partial charge in [-0.2, -0.15) is 0 Å². The zero-order valence-corrected chi connectivity index (χ0v) is 14.3. The number of nitrogens with zero attached hydrogens (tertiary/aromatic N) is 3. The fourth-order valence-corrected chi connectivity index (χ4v) is 3.16. The van der Waals surface area contributed by atoms with Crippen molar-refractivity contribution in [2.45, 2.75) is 50.8 Å². The molecule has 0 aromatic rings. The third-order valence-electron chi connectivity index (χ3n) is 5.21. The van der Waals surface area contributed by atoms with E-state index in [2.05, 4.69) is 37.7 Å². The van der Waals surface area contributed by atoms with E-state index in [-0.39, 0.29) is 11.5 Å². The number of carbonyl (C=O) groups is 1. The minimum absolute atomic E-state index is 0.0235. The molecule has 5 nitrogen and oxygen atoms in total. The quantitative estimate of drug-likeness (QED) is 0.777. The summed E-state index contributed by atoms with van der Waals surface area (Å²) in [6.07, 6.45) is 3.07. The van der Waals surface area contributed by atoms with E-state index in [1.807, 2.05) is 11.9 Å². The van der Waals surface area contributed by atoms with Crippen LogP contribution in [0, 0.1) is 0 Å². The number of amides is 1. The van der Waals surface area contributed by atoms with Gasteiger partial charge in [-0.25, -0.2) is 0 Å². The van der Waals surface area contributed by atoms with Crippen LogP contribution in [-0.4, -0.2) is 85.7 Å². The maximum atomic E-state index is 12.3. The Bertz CT molecular complexity index is 363. The summed E-state index contributed by atoms with van der Waals surface area (Å²) in [5.41, 5.74) is 0.0235. The van der Waals surface area contributed by atoms with E-state index >= 15 is 0 Å². The third-order valence-corrected chi connectivity index (χ3v) is 5.21. The van der Waals surface area contributed by atoms with Crippen molar-refractivity contribution in [1.82, 2.24) is 14.7 Å². The van der Waals surface area contributed by atoms with Gasteiger partial charge in [0.05, 0.1) is 18.8 Å². The lowest BCUT2D eigenvalue weighted by Crippen LogP contribution is -2.49. The number of carbonyl (C=O) groups excluding carboxylic acids is 1. The second-order valence-electron chi connectivity index (χ2n) is 7.21. The van der Waals surface area contributed by atoms with Gasteiger partial charge in [0.2, 0.25) is 5.91 Å². The molecule has 2 fully saturated rings. The Morgan fingerprint density at radius 2 is 1.90 bits per heavy atom. The molecule has 122 valence electrons. The number of likely N-dealkylation sites (N-methyl/N-ethyl adjacent to an activating group) is 2. The molecule has 0 N–H and O–H groups in total. The van der Waals surface area contributed by atoms with Crippen LogP contribution in [0.25, 0.3) is 0 Å². The summed E-state index contributed by atoms with van der Waals surface area (Å²) in [4.78, 5) is 18.7. The van der Waals surface area contributed by atoms with E-state index in [1.54, 1.807) is 0 Å². The van der Waals surface area contributed by atoms with E-state index < -0.39 is 0 Å². The van der Waals surface area contributed by atoms with Crippen molar-refractivity contribution in [2.24, 2.45) is 0 Å². The van der Waals surface area contributed by atoms with Crippen LogP contribution in [0.2, 0.25) is 0 Å². The predicted molar refractivity (Wildman–Crippen MR) is 84.4 cm³/mol. The Hall–Kier alpha value is -0.650. The maximum absolute atomic E-state index is 12.3. The Balaban J connectivity index is 1.82. The van der Waals surface area contributed by atoms with Crippen molar-refractivity contribution in [3.05, 3.63) is 0 Å². The number of likely N-dealkylation sites (tertiary alicyclic amines) is 1. The van der Waals surface area contributed by atoms with Gasteiger partial charge in [0.1, 0.15) is 0 Å². The van der Waals surface area contributed by atoms with Crippen LogP contribution in [0.5, 0.6) is 0 Å². The van der Waals surface area contributed by atoms with Gasteiger partial charge >= 0.3 is 0 Å². The molecule has 2 heterocycles. The average Bonchev–Trinajstić information content (AvgIpc) is 2.83. The molecule has 1 amide bonds. The maximum Gasteiger partial charge on any atom is 0.236 e. The molecule has 0 saturated carbocycles. The van der Waals surface area contributed by atoms with Gasteiger partial charge in [-0.3, -0.25) is 9.69 Å². The summed E-state index contributed by atoms with van der Waals surface area (Å²) in [5, 5.41) is 0. The Morgan fingerprint density at radius 1 is 1.29 bits per heavy atom. The molecule has 2 aliphatic rings. The molecular formula is C16H31N3O2. The zero-order chi connectivity index (χ0) is 15.6. The molecule has 0 aliphatic carbocycles. The van der Waals surface area contributed by atoms with E-state index in [0.29, 0.717) is 18.6 Å². The fraction of sp³-hybridized carbons (Fsp3) is 0.938. The Kier molecular flexibility index (Phi) is 5.28. The summed E-state index contributed by atoms with van der Waals surface area (Å²) in [5.74, 6) is 0.253. The molecule has 0 bridgehead atoms. The lowest BCUT2D eigenvalue weighted by Gasteiger charge is -2.39. The van der Waals surface area contributed by atoms with E-state index in [1.165, 1.54) is 0 Å². The zero-order valence-electron chi connectivity index (χ0n) is 14.3. The van der Waals surface area contributed by atoms with Crippen LogP contribution in [0.15, 0.2) is 0 Å². The minimum Gasteiger partial charge on any atom is -0.373 e. The molecule has 0 radical (unpaired) electrons. The second kappa shape index (κ2) is 6.63. The van der Waals surface area contributed by atoms with Crippen molar-refractivity contribution >= 4 is 5.91 Å². The van der Waals surface area contributed by atoms with Gasteiger partial charge in [0, 0.05) is 25.2 Å². The second-order valence-corrected chi connectivity index (χ2v) is 7.21. The van der Waals surface area contributed by atoms with Crippen LogP contribution in [-0.2, 0) is 9.53 Å². The lowest BCUT2D eigenvalue weighted by molar-refractivity contribution is -0.137. The molecule has 2 saturated heterocycles. The standard InChI is InChI=1S/C16H31N3O2/c1-13(2)18(5)11-15(20)19-8-6-16(7-9-19)10-14(12-21-16)17(3)4/h13-14H,6-12H2,1-5H3. The molecule has 5 heteroatoms. The molecule has 1 spiro atoms. The molecule has 2 aliphatic heterocycles. The van der Waals surface area contributed by atoms with Crippen molar-refractivity contribution < 1.29 is 9.53 Å². The van der Waals surface area contributed by atoms with Crippen molar-refractivity contribution in [3.8, 4) is 0 Å². The van der Waals surface area contributed by atoms with Crippen molar-refractivity contribution in [1.29, 1.82) is 0 Å². The number of hydrogen-bond donors (Lipinski definition) is 0. The first-order valence-electron chi connectivity index (χ1n) is 8.11. The normalized spacial score (nSPS) is 25.5. The van der Waals surface area contributed by atoms with Crippen LogP contribution in [0.1, 0.15) is 33.1 Å². The van der Waals surface area contributed by atoms with Gasteiger partial charge in [-0.1, -0.05) is 0 Å². The summed E-state index contributed by atoms with van der Waals surface area (Å²) in [6.45, 7) is 7.26. The fourth-order valence-electron chi connectivity index (χ4n) is 3.16. The third kappa shape index (κ3) is 3.96. The minimum atomic E-state index is 0.0235. The summed E-state index contributed by atoms with van der Waals surface area (Å²) in [7, 11) is 6.25. The SMILES string of the molecule is CC(C)N(C)CC(=O)N1CCC2(CC1)CC(N(C)C)CO2. The molecule has 1 atom stereocenters. The van der Waals surface area contributed by atoms with Crippen LogP contribution < -0.4 is 0 Å². The van der Waals surface area contributed by atoms with Crippen LogP contribution in [0.4, 0.5) is 0 Å². The van der Waals surface area contributed by atoms with Crippen molar-refractivity contribution in [2.75, 3.05) is 47.4 Å². The van der Waals surface area contributed by atoms with Gasteiger partial charge in [0.15, 0.2) is 0 Å². The highest BCUT2D eigenvalue weighted by molar-refractivity contribution is 5.78. The molecule has 0 aromatic carbocycles. The molecule has 21 heavy (non-hydrogen) atoms. The first-order chi connectivity index (χ1) is 9.83. The highest BCUT2D eigenvalue weighted by Gasteiger charge is 2.43. The van der Waals surface area contributed by atoms with E-state index in [0.717, 1.165) is 39.0 Å². The van der Waals surface area contributed by atoms with E-state index in [4.69, 9.17) is 4.74 Å². The summed E-state index contributed by atoms with van der Waals surface area (Å²) >= 11 is 0. The number of ether oxygens (including phenoxy) is 1. The smallest absolute Gasteiger partial charge is 0.236 e. The van der Waals surface area contributed by atoms with Crippen LogP contribution in [0.3, 0.4) is 0 Å².